The minimum atomic E-state index is 0.0230. The Morgan fingerprint density at radius 1 is 1.08 bits per heavy atom. The second kappa shape index (κ2) is 6.56. The lowest BCUT2D eigenvalue weighted by Crippen LogP contribution is -2.10. The van der Waals surface area contributed by atoms with Gasteiger partial charge in [0.05, 0.1) is 5.39 Å². The maximum Gasteiger partial charge on any atom is 0.260 e. The van der Waals surface area contributed by atoms with E-state index >= 15 is 0 Å². The van der Waals surface area contributed by atoms with Gasteiger partial charge in [-0.2, -0.15) is 0 Å². The van der Waals surface area contributed by atoms with Crippen LogP contribution in [0, 0.1) is 0 Å². The smallest absolute Gasteiger partial charge is 0.260 e. The molecule has 26 heavy (non-hydrogen) atoms. The summed E-state index contributed by atoms with van der Waals surface area (Å²) < 4.78 is 0. The van der Waals surface area contributed by atoms with Gasteiger partial charge in [-0.1, -0.05) is 54.2 Å². The molecule has 2 heterocycles. The highest BCUT2D eigenvalue weighted by molar-refractivity contribution is 7.98. The molecule has 3 nitrogen and oxygen atoms in total. The lowest BCUT2D eigenvalue weighted by molar-refractivity contribution is 0.700. The zero-order chi connectivity index (χ0) is 17.5. The molecule has 0 radical (unpaired) electrons. The molecule has 4 aromatic rings. The third-order valence-corrected chi connectivity index (χ3v) is 7.16. The molecule has 0 fully saturated rings. The quantitative estimate of drug-likeness (QED) is 0.388. The fraction of sp³-hybridized carbons (Fsp3) is 0.238. The van der Waals surface area contributed by atoms with Crippen molar-refractivity contribution in [2.45, 2.75) is 36.6 Å². The summed E-state index contributed by atoms with van der Waals surface area (Å²) in [7, 11) is 0. The van der Waals surface area contributed by atoms with Crippen LogP contribution in [0.1, 0.15) is 28.8 Å². The van der Waals surface area contributed by atoms with Crippen molar-refractivity contribution < 1.29 is 0 Å². The molecule has 5 heteroatoms. The molecule has 0 aliphatic heterocycles. The normalized spacial score (nSPS) is 14.0. The molecule has 2 aromatic heterocycles. The molecule has 2 aromatic carbocycles. The summed E-state index contributed by atoms with van der Waals surface area (Å²) in [5.41, 5.74) is 2.53. The van der Waals surface area contributed by atoms with Crippen molar-refractivity contribution in [3.05, 3.63) is 68.8 Å². The average Bonchev–Trinajstić information content (AvgIpc) is 3.05. The van der Waals surface area contributed by atoms with Gasteiger partial charge in [-0.15, -0.1) is 11.3 Å². The number of H-pyrrole nitrogens is 1. The summed E-state index contributed by atoms with van der Waals surface area (Å²) in [6, 6.07) is 14.8. The molecule has 1 aliphatic rings. The second-order valence-electron chi connectivity index (χ2n) is 6.69. The number of hydrogen-bond donors (Lipinski definition) is 1. The van der Waals surface area contributed by atoms with Gasteiger partial charge >= 0.3 is 0 Å². The summed E-state index contributed by atoms with van der Waals surface area (Å²) in [6.45, 7) is 0. The minimum Gasteiger partial charge on any atom is -0.301 e. The van der Waals surface area contributed by atoms with Crippen LogP contribution in [0.2, 0.25) is 0 Å². The molecule has 0 saturated carbocycles. The van der Waals surface area contributed by atoms with Gasteiger partial charge in [0.15, 0.2) is 5.16 Å². The number of aromatic amines is 1. The van der Waals surface area contributed by atoms with Crippen molar-refractivity contribution >= 4 is 44.1 Å². The van der Waals surface area contributed by atoms with Crippen molar-refractivity contribution in [2.75, 3.05) is 0 Å². The van der Waals surface area contributed by atoms with Crippen LogP contribution in [0.15, 0.2) is 52.4 Å². The highest BCUT2D eigenvalue weighted by Crippen LogP contribution is 2.34. The third-order valence-electron chi connectivity index (χ3n) is 5.05. The summed E-state index contributed by atoms with van der Waals surface area (Å²) in [5, 5.41) is 4.05. The van der Waals surface area contributed by atoms with E-state index in [2.05, 4.69) is 47.4 Å². The first-order valence-corrected chi connectivity index (χ1v) is 10.7. The highest BCUT2D eigenvalue weighted by atomic mass is 32.2. The summed E-state index contributed by atoms with van der Waals surface area (Å²) in [4.78, 5) is 22.7. The standard InChI is InChI=1S/C21H18N2OS2/c24-19-18-16-10-3-4-11-17(16)26-20(18)23-21(22-19)25-12-14-8-5-7-13-6-1-2-9-15(13)14/h1-2,5-9H,3-4,10-12H2,(H,22,23,24). The number of rotatable bonds is 3. The predicted molar refractivity (Wildman–Crippen MR) is 110 cm³/mol. The monoisotopic (exact) mass is 378 g/mol. The Morgan fingerprint density at radius 3 is 2.88 bits per heavy atom. The first-order chi connectivity index (χ1) is 12.8. The van der Waals surface area contributed by atoms with Crippen LogP contribution in [0.3, 0.4) is 0 Å². The van der Waals surface area contributed by atoms with Crippen LogP contribution in [-0.2, 0) is 18.6 Å². The van der Waals surface area contributed by atoms with Gasteiger partial charge < -0.3 is 4.98 Å². The number of benzene rings is 2. The number of hydrogen-bond acceptors (Lipinski definition) is 4. The van der Waals surface area contributed by atoms with Crippen molar-refractivity contribution in [1.29, 1.82) is 0 Å². The first kappa shape index (κ1) is 16.1. The molecule has 0 amide bonds. The molecule has 0 unspecified atom stereocenters. The van der Waals surface area contributed by atoms with E-state index in [0.29, 0.717) is 5.16 Å². The van der Waals surface area contributed by atoms with Crippen LogP contribution in [0.5, 0.6) is 0 Å². The van der Waals surface area contributed by atoms with Gasteiger partial charge in [0.2, 0.25) is 0 Å². The average molecular weight is 379 g/mol. The number of fused-ring (bicyclic) bond motifs is 4. The Hall–Kier alpha value is -2.11. The van der Waals surface area contributed by atoms with Crippen molar-refractivity contribution in [3.8, 4) is 0 Å². The summed E-state index contributed by atoms with van der Waals surface area (Å²) >= 11 is 3.31. The minimum absolute atomic E-state index is 0.0230. The van der Waals surface area contributed by atoms with E-state index in [1.807, 2.05) is 0 Å². The van der Waals surface area contributed by atoms with Gasteiger partial charge in [0, 0.05) is 10.6 Å². The Labute approximate surface area is 159 Å². The SMILES string of the molecule is O=c1[nH]c(SCc2cccc3ccccc23)nc2sc3c(c12)CCCC3. The Balaban J connectivity index is 1.49. The number of thioether (sulfide) groups is 1. The third kappa shape index (κ3) is 2.75. The molecule has 0 spiro atoms. The lowest BCUT2D eigenvalue weighted by atomic mass is 9.97. The van der Waals surface area contributed by atoms with Gasteiger partial charge in [-0.3, -0.25) is 4.79 Å². The Bertz CT molecular complexity index is 1170. The molecule has 0 bridgehead atoms. The van der Waals surface area contributed by atoms with E-state index in [1.165, 1.54) is 39.6 Å². The molecule has 5 rings (SSSR count). The maximum absolute atomic E-state index is 12.7. The lowest BCUT2D eigenvalue weighted by Gasteiger charge is -2.09. The molecule has 1 aliphatic carbocycles. The van der Waals surface area contributed by atoms with Gasteiger partial charge in [-0.05, 0) is 47.6 Å². The fourth-order valence-electron chi connectivity index (χ4n) is 3.78. The predicted octanol–water partition coefficient (Wildman–Crippen LogP) is 5.31. The Morgan fingerprint density at radius 2 is 1.92 bits per heavy atom. The molecule has 130 valence electrons. The van der Waals surface area contributed by atoms with Crippen LogP contribution in [0.4, 0.5) is 0 Å². The molecular formula is C21H18N2OS2. The zero-order valence-electron chi connectivity index (χ0n) is 14.2. The maximum atomic E-state index is 12.7. The van der Waals surface area contributed by atoms with Crippen LogP contribution >= 0.6 is 23.1 Å². The van der Waals surface area contributed by atoms with E-state index in [-0.39, 0.29) is 5.56 Å². The van der Waals surface area contributed by atoms with E-state index in [1.54, 1.807) is 23.1 Å². The number of aryl methyl sites for hydroxylation is 2. The molecule has 0 saturated heterocycles. The second-order valence-corrected chi connectivity index (χ2v) is 8.74. The largest absolute Gasteiger partial charge is 0.301 e. The van der Waals surface area contributed by atoms with Crippen LogP contribution in [-0.4, -0.2) is 9.97 Å². The van der Waals surface area contributed by atoms with E-state index < -0.39 is 0 Å². The van der Waals surface area contributed by atoms with Crippen molar-refractivity contribution in [1.82, 2.24) is 9.97 Å². The van der Waals surface area contributed by atoms with Crippen LogP contribution in [0.25, 0.3) is 21.0 Å². The Kier molecular flexibility index (Phi) is 4.06. The van der Waals surface area contributed by atoms with Gasteiger partial charge in [0.1, 0.15) is 4.83 Å². The highest BCUT2D eigenvalue weighted by Gasteiger charge is 2.19. The molecular weight excluding hydrogens is 360 g/mol. The van der Waals surface area contributed by atoms with Crippen LogP contribution < -0.4 is 5.56 Å². The number of nitrogens with zero attached hydrogens (tertiary/aromatic N) is 1. The summed E-state index contributed by atoms with van der Waals surface area (Å²) in [6.07, 6.45) is 4.51. The number of nitrogens with one attached hydrogen (secondary N) is 1. The van der Waals surface area contributed by atoms with Gasteiger partial charge in [-0.25, -0.2) is 4.98 Å². The van der Waals surface area contributed by atoms with Crippen molar-refractivity contribution in [2.24, 2.45) is 0 Å². The summed E-state index contributed by atoms with van der Waals surface area (Å²) in [5.74, 6) is 0.793. The van der Waals surface area contributed by atoms with Gasteiger partial charge in [0.25, 0.3) is 5.56 Å². The topological polar surface area (TPSA) is 45.8 Å². The molecule has 1 N–H and O–H groups in total. The van der Waals surface area contributed by atoms with E-state index in [9.17, 15) is 4.79 Å². The fourth-order valence-corrected chi connectivity index (χ4v) is 5.96. The van der Waals surface area contributed by atoms with E-state index in [4.69, 9.17) is 4.98 Å². The van der Waals surface area contributed by atoms with Crippen molar-refractivity contribution in [3.63, 3.8) is 0 Å². The first-order valence-electron chi connectivity index (χ1n) is 8.93. The zero-order valence-corrected chi connectivity index (χ0v) is 15.9. The number of thiophene rings is 1. The number of aromatic nitrogens is 2. The molecule has 0 atom stereocenters. The van der Waals surface area contributed by atoms with E-state index in [0.717, 1.165) is 28.8 Å².